The van der Waals surface area contributed by atoms with Crippen molar-refractivity contribution in [2.45, 2.75) is 103 Å². The van der Waals surface area contributed by atoms with Gasteiger partial charge in [0.05, 0.1) is 6.61 Å². The third kappa shape index (κ3) is 12.1. The number of carbonyl (C=O) groups excluding carboxylic acids is 1. The molecule has 0 aliphatic heterocycles. The van der Waals surface area contributed by atoms with Crippen LogP contribution in [0.1, 0.15) is 108 Å². The number of rotatable bonds is 19. The maximum atomic E-state index is 10.8. The van der Waals surface area contributed by atoms with Crippen molar-refractivity contribution >= 4 is 6.29 Å². The van der Waals surface area contributed by atoms with Crippen LogP contribution in [0.4, 0.5) is 0 Å². The van der Waals surface area contributed by atoms with Crippen LogP contribution in [0.2, 0.25) is 0 Å². The molecule has 0 heterocycles. The molecule has 1 rings (SSSR count). The van der Waals surface area contributed by atoms with E-state index >= 15 is 0 Å². The van der Waals surface area contributed by atoms with Gasteiger partial charge in [-0.15, -0.1) is 0 Å². The number of aldehydes is 1. The van der Waals surface area contributed by atoms with E-state index in [0.29, 0.717) is 6.29 Å². The zero-order valence-electron chi connectivity index (χ0n) is 17.8. The summed E-state index contributed by atoms with van der Waals surface area (Å²) in [6.45, 7) is 3.00. The van der Waals surface area contributed by atoms with Crippen molar-refractivity contribution in [2.24, 2.45) is 0 Å². The summed E-state index contributed by atoms with van der Waals surface area (Å²) in [5.74, 6) is 0.807. The van der Waals surface area contributed by atoms with Crippen LogP contribution >= 0.6 is 0 Å². The third-order valence-corrected chi connectivity index (χ3v) is 5.28. The summed E-state index contributed by atoms with van der Waals surface area (Å²) in [6, 6.07) is 6.59. The zero-order valence-corrected chi connectivity index (χ0v) is 17.8. The van der Waals surface area contributed by atoms with Crippen LogP contribution in [0.25, 0.3) is 0 Å². The van der Waals surface area contributed by atoms with Crippen LogP contribution in [0, 0.1) is 0 Å². The molecule has 2 N–H and O–H groups in total. The van der Waals surface area contributed by atoms with Crippen LogP contribution in [-0.2, 0) is 4.79 Å². The van der Waals surface area contributed by atoms with Crippen molar-refractivity contribution < 1.29 is 14.7 Å². The van der Waals surface area contributed by atoms with Gasteiger partial charge >= 0.3 is 0 Å². The Morgan fingerprint density at radius 2 is 1.29 bits per heavy atom. The molecule has 28 heavy (non-hydrogen) atoms. The quantitative estimate of drug-likeness (QED) is 0.155. The maximum absolute atomic E-state index is 10.8. The molecule has 0 fully saturated rings. The van der Waals surface area contributed by atoms with Gasteiger partial charge in [-0.3, -0.25) is 0 Å². The molecule has 0 radical (unpaired) electrons. The molecule has 0 saturated carbocycles. The first kappa shape index (κ1) is 24.6. The molecular formula is C24H41NO3. The lowest BCUT2D eigenvalue weighted by atomic mass is 10.0. The average Bonchev–Trinajstić information content (AvgIpc) is 2.73. The monoisotopic (exact) mass is 391 g/mol. The summed E-state index contributed by atoms with van der Waals surface area (Å²) in [5.41, 5.74) is 2.70. The molecule has 1 aromatic carbocycles. The van der Waals surface area contributed by atoms with Gasteiger partial charge in [-0.05, 0) is 24.1 Å². The fraction of sp³-hybridized carbons (Fsp3) is 0.708. The predicted molar refractivity (Wildman–Crippen MR) is 116 cm³/mol. The van der Waals surface area contributed by atoms with E-state index in [-0.39, 0.29) is 0 Å². The van der Waals surface area contributed by atoms with E-state index in [4.69, 9.17) is 9.94 Å². The second-order valence-electron chi connectivity index (χ2n) is 7.76. The second-order valence-corrected chi connectivity index (χ2v) is 7.76. The van der Waals surface area contributed by atoms with Gasteiger partial charge in [0, 0.05) is 0 Å². The summed E-state index contributed by atoms with van der Waals surface area (Å²) in [7, 11) is 0. The SMILES string of the molecule is CCCCCCCCCCCCCCCCOc1ccc(C(C=O)NO)cc1. The van der Waals surface area contributed by atoms with Crippen LogP contribution in [0.15, 0.2) is 24.3 Å². The lowest BCUT2D eigenvalue weighted by molar-refractivity contribution is -0.111. The van der Waals surface area contributed by atoms with Gasteiger partial charge in [-0.1, -0.05) is 103 Å². The van der Waals surface area contributed by atoms with Gasteiger partial charge in [0.25, 0.3) is 0 Å². The molecule has 0 aliphatic carbocycles. The Balaban J connectivity index is 1.89. The number of ether oxygens (including phenoxy) is 1. The van der Waals surface area contributed by atoms with Crippen molar-refractivity contribution in [1.82, 2.24) is 5.48 Å². The molecule has 0 saturated heterocycles. The number of nitrogens with one attached hydrogen (secondary N) is 1. The summed E-state index contributed by atoms with van der Waals surface area (Å²) in [6.07, 6.45) is 19.6. The van der Waals surface area contributed by atoms with Gasteiger partial charge < -0.3 is 14.7 Å². The Labute approximate surface area is 172 Å². The van der Waals surface area contributed by atoms with Gasteiger partial charge in [0.15, 0.2) is 0 Å². The van der Waals surface area contributed by atoms with Crippen molar-refractivity contribution in [1.29, 1.82) is 0 Å². The van der Waals surface area contributed by atoms with Crippen molar-refractivity contribution in [3.63, 3.8) is 0 Å². The van der Waals surface area contributed by atoms with E-state index in [1.165, 1.54) is 83.5 Å². The smallest absolute Gasteiger partial charge is 0.143 e. The third-order valence-electron chi connectivity index (χ3n) is 5.28. The Bertz CT molecular complexity index is 475. The van der Waals surface area contributed by atoms with Gasteiger partial charge in [-0.2, -0.15) is 5.48 Å². The van der Waals surface area contributed by atoms with Crippen LogP contribution < -0.4 is 10.2 Å². The van der Waals surface area contributed by atoms with Gasteiger partial charge in [0.2, 0.25) is 0 Å². The van der Waals surface area contributed by atoms with Gasteiger partial charge in [-0.25, -0.2) is 0 Å². The van der Waals surface area contributed by atoms with Crippen LogP contribution in [0.3, 0.4) is 0 Å². The minimum Gasteiger partial charge on any atom is -0.494 e. The van der Waals surface area contributed by atoms with E-state index in [9.17, 15) is 4.79 Å². The average molecular weight is 392 g/mol. The number of unbranched alkanes of at least 4 members (excludes halogenated alkanes) is 13. The topological polar surface area (TPSA) is 58.6 Å². The molecule has 160 valence electrons. The molecule has 0 spiro atoms. The summed E-state index contributed by atoms with van der Waals surface area (Å²) >= 11 is 0. The fourth-order valence-electron chi connectivity index (χ4n) is 3.44. The molecule has 1 aromatic rings. The second kappa shape index (κ2) is 17.7. The minimum absolute atomic E-state index is 0.671. The number of hydrogen-bond donors (Lipinski definition) is 2. The molecule has 0 aromatic heterocycles. The molecular weight excluding hydrogens is 350 g/mol. The molecule has 1 atom stereocenters. The largest absolute Gasteiger partial charge is 0.494 e. The first-order valence-electron chi connectivity index (χ1n) is 11.4. The molecule has 0 amide bonds. The zero-order chi connectivity index (χ0) is 20.3. The summed E-state index contributed by atoms with van der Waals surface area (Å²) < 4.78 is 5.74. The van der Waals surface area contributed by atoms with Crippen LogP contribution in [0.5, 0.6) is 5.75 Å². The van der Waals surface area contributed by atoms with Crippen molar-refractivity contribution in [2.75, 3.05) is 6.61 Å². The Morgan fingerprint density at radius 3 is 1.71 bits per heavy atom. The van der Waals surface area contributed by atoms with E-state index in [1.807, 2.05) is 17.6 Å². The maximum Gasteiger partial charge on any atom is 0.143 e. The molecule has 0 bridgehead atoms. The summed E-state index contributed by atoms with van der Waals surface area (Å²) in [5, 5.41) is 8.89. The lowest BCUT2D eigenvalue weighted by Gasteiger charge is -2.10. The van der Waals surface area contributed by atoms with Crippen molar-refractivity contribution in [3.05, 3.63) is 29.8 Å². The number of benzene rings is 1. The predicted octanol–water partition coefficient (Wildman–Crippen LogP) is 6.77. The highest BCUT2D eigenvalue weighted by Crippen LogP contribution is 2.17. The molecule has 4 nitrogen and oxygen atoms in total. The lowest BCUT2D eigenvalue weighted by Crippen LogP contribution is -2.17. The van der Waals surface area contributed by atoms with E-state index in [2.05, 4.69) is 6.92 Å². The number of hydroxylamine groups is 1. The number of carbonyl (C=O) groups is 1. The Hall–Kier alpha value is -1.39. The Morgan fingerprint density at radius 1 is 0.821 bits per heavy atom. The summed E-state index contributed by atoms with van der Waals surface area (Å²) in [4.78, 5) is 10.8. The number of hydrogen-bond acceptors (Lipinski definition) is 4. The normalized spacial score (nSPS) is 12.1. The fourth-order valence-corrected chi connectivity index (χ4v) is 3.44. The highest BCUT2D eigenvalue weighted by Gasteiger charge is 2.08. The van der Waals surface area contributed by atoms with E-state index in [0.717, 1.165) is 24.3 Å². The first-order valence-corrected chi connectivity index (χ1v) is 11.4. The highest BCUT2D eigenvalue weighted by atomic mass is 16.5. The first-order chi connectivity index (χ1) is 13.8. The molecule has 1 unspecified atom stereocenters. The Kier molecular flexibility index (Phi) is 15.6. The van der Waals surface area contributed by atoms with E-state index < -0.39 is 6.04 Å². The highest BCUT2D eigenvalue weighted by molar-refractivity contribution is 5.61. The molecule has 4 heteroatoms. The van der Waals surface area contributed by atoms with E-state index in [1.54, 1.807) is 12.1 Å². The van der Waals surface area contributed by atoms with Crippen LogP contribution in [-0.4, -0.2) is 18.1 Å². The van der Waals surface area contributed by atoms with Gasteiger partial charge in [0.1, 0.15) is 18.1 Å². The molecule has 0 aliphatic rings. The van der Waals surface area contributed by atoms with Crippen molar-refractivity contribution in [3.8, 4) is 5.75 Å². The standard InChI is InChI=1S/C24H41NO3/c1-2-3-4-5-6-7-8-9-10-11-12-13-14-15-20-28-23-18-16-22(17-19-23)24(21-26)25-27/h16-19,21,24-25,27H,2-15,20H2,1H3. The minimum atomic E-state index is -0.681.